The van der Waals surface area contributed by atoms with Crippen LogP contribution in [0.25, 0.3) is 5.57 Å². The Bertz CT molecular complexity index is 794. The lowest BCUT2D eigenvalue weighted by molar-refractivity contribution is 0.315. The summed E-state index contributed by atoms with van der Waals surface area (Å²) in [5, 5.41) is 12.5. The van der Waals surface area contributed by atoms with Gasteiger partial charge in [0.15, 0.2) is 5.82 Å². The van der Waals surface area contributed by atoms with Gasteiger partial charge in [-0.1, -0.05) is 42.3 Å². The van der Waals surface area contributed by atoms with Crippen LogP contribution in [0.2, 0.25) is 5.02 Å². The number of allylic oxidation sites excluding steroid dienone is 2. The van der Waals surface area contributed by atoms with E-state index in [-0.39, 0.29) is 11.7 Å². The van der Waals surface area contributed by atoms with Gasteiger partial charge in [-0.2, -0.15) is 0 Å². The van der Waals surface area contributed by atoms with Crippen LogP contribution in [-0.2, 0) is 0 Å². The minimum atomic E-state index is -0.410. The lowest BCUT2D eigenvalue weighted by atomic mass is 10.0. The highest BCUT2D eigenvalue weighted by Gasteiger charge is 2.39. The van der Waals surface area contributed by atoms with Crippen molar-refractivity contribution in [2.24, 2.45) is 10.9 Å². The van der Waals surface area contributed by atoms with E-state index < -0.39 is 5.50 Å². The number of nitrogens with zero attached hydrogens (tertiary/aromatic N) is 2. The third-order valence-corrected chi connectivity index (χ3v) is 4.58. The van der Waals surface area contributed by atoms with Crippen LogP contribution in [0.5, 0.6) is 0 Å². The van der Waals surface area contributed by atoms with Gasteiger partial charge in [-0.25, -0.2) is 10.4 Å². The Kier molecular flexibility index (Phi) is 3.08. The molecule has 0 saturated heterocycles. The van der Waals surface area contributed by atoms with Crippen molar-refractivity contribution in [1.29, 1.82) is 0 Å². The Hall–Kier alpha value is -1.75. The average molecular weight is 334 g/mol. The molecule has 2 heterocycles. The van der Waals surface area contributed by atoms with Crippen molar-refractivity contribution in [3.63, 3.8) is 0 Å². The highest BCUT2D eigenvalue weighted by atomic mass is 35.5. The molecule has 4 nitrogen and oxygen atoms in total. The normalized spacial score (nSPS) is 26.5. The summed E-state index contributed by atoms with van der Waals surface area (Å²) in [6.07, 6.45) is 3.50. The number of hydrazine groups is 1. The maximum Gasteiger partial charge on any atom is 0.153 e. The van der Waals surface area contributed by atoms with Crippen molar-refractivity contribution in [1.82, 2.24) is 10.4 Å². The van der Waals surface area contributed by atoms with Crippen molar-refractivity contribution in [3.8, 4) is 0 Å². The zero-order valence-corrected chi connectivity index (χ0v) is 13.2. The summed E-state index contributed by atoms with van der Waals surface area (Å²) in [6, 6.07) is 7.55. The Morgan fingerprint density at radius 3 is 2.95 bits per heavy atom. The fraction of sp³-hybridized carbons (Fsp3) is 0.188. The molecule has 0 spiro atoms. The zero-order valence-electron chi connectivity index (χ0n) is 11.7. The van der Waals surface area contributed by atoms with E-state index in [9.17, 15) is 5.11 Å². The SMILES string of the molecule is CC1C=C(O)C2=C1N1NC(Cl)C(c3cccc(Cl)c3)=C1N=C2. The van der Waals surface area contributed by atoms with Gasteiger partial charge in [-0.05, 0) is 23.8 Å². The molecule has 2 aliphatic heterocycles. The molecule has 2 atom stereocenters. The molecule has 6 heteroatoms. The second kappa shape index (κ2) is 4.88. The first-order valence-corrected chi connectivity index (χ1v) is 7.77. The fourth-order valence-corrected chi connectivity index (χ4v) is 3.59. The number of rotatable bonds is 1. The molecule has 1 aromatic rings. The lowest BCUT2D eigenvalue weighted by Crippen LogP contribution is -2.37. The third kappa shape index (κ3) is 1.92. The van der Waals surface area contributed by atoms with Gasteiger partial charge in [0, 0.05) is 22.7 Å². The number of hydrogen-bond donors (Lipinski definition) is 2. The van der Waals surface area contributed by atoms with E-state index in [1.165, 1.54) is 0 Å². The first-order valence-electron chi connectivity index (χ1n) is 6.96. The molecule has 3 aliphatic rings. The quantitative estimate of drug-likeness (QED) is 0.606. The molecule has 2 N–H and O–H groups in total. The van der Waals surface area contributed by atoms with Crippen LogP contribution in [0.4, 0.5) is 0 Å². The van der Waals surface area contributed by atoms with E-state index in [1.807, 2.05) is 42.3 Å². The fourth-order valence-electron chi connectivity index (χ4n) is 3.08. The number of fused-ring (bicyclic) bond motifs is 2. The summed E-state index contributed by atoms with van der Waals surface area (Å²) < 4.78 is 0. The Balaban J connectivity index is 1.84. The van der Waals surface area contributed by atoms with E-state index in [0.29, 0.717) is 5.02 Å². The highest BCUT2D eigenvalue weighted by Crippen LogP contribution is 2.42. The monoisotopic (exact) mass is 333 g/mol. The number of alkyl halides is 1. The summed E-state index contributed by atoms with van der Waals surface area (Å²) in [6.45, 7) is 2.03. The molecule has 0 radical (unpaired) electrons. The van der Waals surface area contributed by atoms with Gasteiger partial charge in [-0.3, -0.25) is 5.01 Å². The molecule has 22 heavy (non-hydrogen) atoms. The number of aliphatic imine (C=N–C) groups is 1. The van der Waals surface area contributed by atoms with Crippen molar-refractivity contribution in [2.75, 3.05) is 0 Å². The molecule has 0 fully saturated rings. The standard InChI is InChI=1S/C16H13Cl2N3O/c1-8-5-12(22)11-7-19-16-13(9-3-2-4-10(17)6-9)15(18)20-21(16)14(8)11/h2-8,15,20,22H,1H3. The van der Waals surface area contributed by atoms with Crippen LogP contribution >= 0.6 is 23.2 Å². The van der Waals surface area contributed by atoms with Gasteiger partial charge >= 0.3 is 0 Å². The maximum absolute atomic E-state index is 9.99. The van der Waals surface area contributed by atoms with Gasteiger partial charge in [0.25, 0.3) is 0 Å². The molecule has 0 bridgehead atoms. The summed E-state index contributed by atoms with van der Waals surface area (Å²) in [5.41, 5.74) is 6.31. The Labute approximate surface area is 138 Å². The van der Waals surface area contributed by atoms with Crippen LogP contribution in [0.15, 0.2) is 58.2 Å². The minimum Gasteiger partial charge on any atom is -0.508 e. The van der Waals surface area contributed by atoms with Crippen molar-refractivity contribution < 1.29 is 5.11 Å². The number of halogens is 2. The number of aliphatic hydroxyl groups excluding tert-OH is 1. The topological polar surface area (TPSA) is 47.9 Å². The predicted octanol–water partition coefficient (Wildman–Crippen LogP) is 3.82. The van der Waals surface area contributed by atoms with Crippen LogP contribution in [0, 0.1) is 5.92 Å². The molecule has 0 amide bonds. The number of aliphatic hydroxyl groups is 1. The summed E-state index contributed by atoms with van der Waals surface area (Å²) in [7, 11) is 0. The first kappa shape index (κ1) is 13.9. The third-order valence-electron chi connectivity index (χ3n) is 4.03. The van der Waals surface area contributed by atoms with Crippen LogP contribution in [0.3, 0.4) is 0 Å². The van der Waals surface area contributed by atoms with Crippen molar-refractivity contribution in [3.05, 3.63) is 63.8 Å². The van der Waals surface area contributed by atoms with E-state index in [2.05, 4.69) is 10.4 Å². The molecule has 112 valence electrons. The molecule has 1 aliphatic carbocycles. The van der Waals surface area contributed by atoms with E-state index in [4.69, 9.17) is 23.2 Å². The van der Waals surface area contributed by atoms with Crippen LogP contribution in [-0.4, -0.2) is 21.8 Å². The zero-order chi connectivity index (χ0) is 15.4. The van der Waals surface area contributed by atoms with Crippen molar-refractivity contribution >= 4 is 35.0 Å². The van der Waals surface area contributed by atoms with E-state index in [1.54, 1.807) is 6.21 Å². The summed E-state index contributed by atoms with van der Waals surface area (Å²) in [4.78, 5) is 4.49. The average Bonchev–Trinajstić information content (AvgIpc) is 2.95. The van der Waals surface area contributed by atoms with Crippen LogP contribution in [0.1, 0.15) is 12.5 Å². The Morgan fingerprint density at radius 1 is 1.36 bits per heavy atom. The number of nitrogens with one attached hydrogen (secondary N) is 1. The molecule has 1 aromatic carbocycles. The number of hydrogen-bond acceptors (Lipinski definition) is 4. The second-order valence-corrected chi connectivity index (χ2v) is 6.35. The van der Waals surface area contributed by atoms with Crippen LogP contribution < -0.4 is 5.43 Å². The summed E-state index contributed by atoms with van der Waals surface area (Å²) in [5.74, 6) is 1.09. The summed E-state index contributed by atoms with van der Waals surface area (Å²) >= 11 is 12.6. The molecular formula is C16H13Cl2N3O. The molecule has 0 aromatic heterocycles. The van der Waals surface area contributed by atoms with Gasteiger partial charge in [0.05, 0.1) is 11.3 Å². The first-order chi connectivity index (χ1) is 10.6. The smallest absolute Gasteiger partial charge is 0.153 e. The van der Waals surface area contributed by atoms with E-state index >= 15 is 0 Å². The largest absolute Gasteiger partial charge is 0.508 e. The molecule has 0 saturated carbocycles. The van der Waals surface area contributed by atoms with Gasteiger partial charge in [-0.15, -0.1) is 0 Å². The van der Waals surface area contributed by atoms with Crippen molar-refractivity contribution in [2.45, 2.75) is 12.4 Å². The molecule has 4 rings (SSSR count). The van der Waals surface area contributed by atoms with Gasteiger partial charge in [0.1, 0.15) is 11.3 Å². The predicted molar refractivity (Wildman–Crippen MR) is 88.4 cm³/mol. The van der Waals surface area contributed by atoms with Gasteiger partial charge < -0.3 is 5.11 Å². The van der Waals surface area contributed by atoms with E-state index in [0.717, 1.165) is 28.2 Å². The molecular weight excluding hydrogens is 321 g/mol. The second-order valence-electron chi connectivity index (χ2n) is 5.47. The Morgan fingerprint density at radius 2 is 2.18 bits per heavy atom. The minimum absolute atomic E-state index is 0.0897. The highest BCUT2D eigenvalue weighted by molar-refractivity contribution is 6.31. The maximum atomic E-state index is 9.99. The lowest BCUT2D eigenvalue weighted by Gasteiger charge is -2.27. The number of benzene rings is 1. The van der Waals surface area contributed by atoms with Gasteiger partial charge in [0.2, 0.25) is 0 Å². The molecule has 2 unspecified atom stereocenters.